The maximum Gasteiger partial charge on any atom is 0.417 e. The Morgan fingerprint density at radius 2 is 2.26 bits per heavy atom. The number of pyridine rings is 1. The standard InChI is InChI=1S/C21H22F4N6/c1-13(21(23,24)25)20-15-6-3-7-18(29-19-8-10-31(2)12-17(19)22)16(15)11-14(28-20)5-4-9-27-30-26/h3-7,11,17,19,29H,1,8-10,12H2,2H3/b5-4+/t17-,19+/m0/s1/i9D2. The highest BCUT2D eigenvalue weighted by molar-refractivity contribution is 6.00. The van der Waals surface area contributed by atoms with Crippen LogP contribution in [0.25, 0.3) is 32.9 Å². The predicted molar refractivity (Wildman–Crippen MR) is 114 cm³/mol. The Balaban J connectivity index is 2.13. The Morgan fingerprint density at radius 1 is 1.48 bits per heavy atom. The van der Waals surface area contributed by atoms with Gasteiger partial charge in [-0.05, 0) is 37.2 Å². The summed E-state index contributed by atoms with van der Waals surface area (Å²) in [5.41, 5.74) is 7.30. The lowest BCUT2D eigenvalue weighted by molar-refractivity contribution is -0.0688. The van der Waals surface area contributed by atoms with Crippen LogP contribution in [0.4, 0.5) is 23.2 Å². The highest BCUT2D eigenvalue weighted by Crippen LogP contribution is 2.37. The van der Waals surface area contributed by atoms with Gasteiger partial charge in [-0.2, -0.15) is 13.2 Å². The lowest BCUT2D eigenvalue weighted by Gasteiger charge is -2.33. The summed E-state index contributed by atoms with van der Waals surface area (Å²) in [5.74, 6) is 0. The molecule has 1 N–H and O–H groups in total. The van der Waals surface area contributed by atoms with Crippen LogP contribution in [0.3, 0.4) is 0 Å². The third-order valence-corrected chi connectivity index (χ3v) is 5.04. The van der Waals surface area contributed by atoms with E-state index in [1.54, 1.807) is 12.1 Å². The molecule has 10 heteroatoms. The lowest BCUT2D eigenvalue weighted by Crippen LogP contribution is -2.46. The number of likely N-dealkylation sites (tertiary alicyclic amines) is 1. The van der Waals surface area contributed by atoms with E-state index in [1.165, 1.54) is 12.1 Å². The van der Waals surface area contributed by atoms with E-state index in [1.807, 2.05) is 11.9 Å². The van der Waals surface area contributed by atoms with Crippen molar-refractivity contribution in [3.05, 3.63) is 58.8 Å². The number of nitrogens with one attached hydrogen (secondary N) is 1. The molecule has 1 aromatic carbocycles. The van der Waals surface area contributed by atoms with Crippen LogP contribution in [0.15, 0.2) is 42.0 Å². The van der Waals surface area contributed by atoms with Gasteiger partial charge >= 0.3 is 6.18 Å². The van der Waals surface area contributed by atoms with Crippen molar-refractivity contribution in [2.45, 2.75) is 24.8 Å². The van der Waals surface area contributed by atoms with Gasteiger partial charge in [0.1, 0.15) is 6.17 Å². The number of hydrogen-bond donors (Lipinski definition) is 1. The number of fused-ring (bicyclic) bond motifs is 1. The summed E-state index contributed by atoms with van der Waals surface area (Å²) in [5, 5.41) is 6.62. The molecule has 1 aromatic heterocycles. The SMILES string of the molecule is [2H]C([2H])(/C=C/c1cc2c(N[C@@H]3CCN(C)C[C@@H]3F)cccc2c(C(=C)C(F)(F)F)n1)N=[N+]=[N-]. The number of alkyl halides is 4. The summed E-state index contributed by atoms with van der Waals surface area (Å²) in [7, 11) is 1.81. The van der Waals surface area contributed by atoms with Crippen LogP contribution in [-0.4, -0.2) is 54.9 Å². The van der Waals surface area contributed by atoms with Gasteiger partial charge in [0.25, 0.3) is 0 Å². The Bertz CT molecular complexity index is 1130. The normalized spacial score (nSPS) is 21.5. The minimum absolute atomic E-state index is 0.00524. The lowest BCUT2D eigenvalue weighted by atomic mass is 9.99. The summed E-state index contributed by atoms with van der Waals surface area (Å²) >= 11 is 0. The zero-order chi connectivity index (χ0) is 24.4. The molecule has 31 heavy (non-hydrogen) atoms. The molecule has 0 aliphatic carbocycles. The van der Waals surface area contributed by atoms with Gasteiger partial charge in [0.15, 0.2) is 0 Å². The van der Waals surface area contributed by atoms with Crippen LogP contribution in [0.1, 0.15) is 20.6 Å². The molecule has 2 atom stereocenters. The number of anilines is 1. The van der Waals surface area contributed by atoms with Crippen LogP contribution in [0, 0.1) is 0 Å². The van der Waals surface area contributed by atoms with E-state index in [2.05, 4.69) is 26.9 Å². The second-order valence-corrected chi connectivity index (χ2v) is 7.24. The largest absolute Gasteiger partial charge is 0.417 e. The van der Waals surface area contributed by atoms with Gasteiger partial charge in [0.2, 0.25) is 0 Å². The summed E-state index contributed by atoms with van der Waals surface area (Å²) in [6, 6.07) is 5.61. The van der Waals surface area contributed by atoms with Crippen molar-refractivity contribution < 1.29 is 20.3 Å². The Labute approximate surface area is 179 Å². The van der Waals surface area contributed by atoms with Crippen LogP contribution in [0.2, 0.25) is 0 Å². The van der Waals surface area contributed by atoms with Gasteiger partial charge < -0.3 is 10.2 Å². The Hall–Kier alpha value is -3.10. The Morgan fingerprint density at radius 3 is 2.94 bits per heavy atom. The number of rotatable bonds is 6. The van der Waals surface area contributed by atoms with Gasteiger partial charge in [-0.1, -0.05) is 29.9 Å². The summed E-state index contributed by atoms with van der Waals surface area (Å²) in [6.45, 7) is 1.66. The van der Waals surface area contributed by atoms with Crippen molar-refractivity contribution in [1.82, 2.24) is 9.88 Å². The summed E-state index contributed by atoms with van der Waals surface area (Å²) in [4.78, 5) is 8.30. The third kappa shape index (κ3) is 5.34. The van der Waals surface area contributed by atoms with Crippen LogP contribution < -0.4 is 5.32 Å². The van der Waals surface area contributed by atoms with Crippen molar-refractivity contribution in [3.63, 3.8) is 0 Å². The van der Waals surface area contributed by atoms with Crippen LogP contribution >= 0.6 is 0 Å². The molecule has 2 aromatic rings. The van der Waals surface area contributed by atoms with Crippen LogP contribution in [-0.2, 0) is 0 Å². The number of nitrogens with zero attached hydrogens (tertiary/aromatic N) is 5. The molecule has 0 spiro atoms. The molecule has 164 valence electrons. The third-order valence-electron chi connectivity index (χ3n) is 5.04. The van der Waals surface area contributed by atoms with Crippen molar-refractivity contribution in [3.8, 4) is 0 Å². The van der Waals surface area contributed by atoms with E-state index in [0.717, 1.165) is 12.2 Å². The van der Waals surface area contributed by atoms with E-state index in [4.69, 9.17) is 8.27 Å². The minimum Gasteiger partial charge on any atom is -0.379 e. The number of allylic oxidation sites excluding steroid dienone is 1. The van der Waals surface area contributed by atoms with E-state index >= 15 is 0 Å². The molecule has 6 nitrogen and oxygen atoms in total. The van der Waals surface area contributed by atoms with Crippen molar-refractivity contribution in [2.75, 3.05) is 32.0 Å². The smallest absolute Gasteiger partial charge is 0.379 e. The predicted octanol–water partition coefficient (Wildman–Crippen LogP) is 5.59. The van der Waals surface area contributed by atoms with E-state index in [-0.39, 0.29) is 17.6 Å². The molecule has 0 radical (unpaired) electrons. The number of halogens is 4. The number of hydrogen-bond acceptors (Lipinski definition) is 4. The molecule has 1 aliphatic rings. The van der Waals surface area contributed by atoms with Gasteiger partial charge in [-0.25, -0.2) is 9.37 Å². The first-order valence-electron chi connectivity index (χ1n) is 10.5. The monoisotopic (exact) mass is 436 g/mol. The quantitative estimate of drug-likeness (QED) is 0.278. The molecule has 3 rings (SSSR count). The zero-order valence-corrected chi connectivity index (χ0v) is 16.7. The second-order valence-electron chi connectivity index (χ2n) is 7.24. The first kappa shape index (κ1) is 19.8. The minimum atomic E-state index is -4.75. The van der Waals surface area contributed by atoms with E-state index < -0.39 is 36.2 Å². The number of piperidine rings is 1. The number of aromatic nitrogens is 1. The molecule has 1 aliphatic heterocycles. The summed E-state index contributed by atoms with van der Waals surface area (Å²) < 4.78 is 70.3. The fraction of sp³-hybridized carbons (Fsp3) is 0.381. The van der Waals surface area contributed by atoms with Gasteiger partial charge in [0, 0.05) is 43.7 Å². The highest BCUT2D eigenvalue weighted by atomic mass is 19.4. The van der Waals surface area contributed by atoms with Crippen molar-refractivity contribution >= 4 is 28.1 Å². The van der Waals surface area contributed by atoms with Gasteiger partial charge in [-0.15, -0.1) is 0 Å². The number of azide groups is 1. The maximum absolute atomic E-state index is 14.6. The molecule has 0 unspecified atom stereocenters. The zero-order valence-electron chi connectivity index (χ0n) is 18.7. The molecule has 1 saturated heterocycles. The maximum atomic E-state index is 14.6. The van der Waals surface area contributed by atoms with Crippen molar-refractivity contribution in [2.24, 2.45) is 5.11 Å². The fourth-order valence-electron chi connectivity index (χ4n) is 3.47. The first-order valence-corrected chi connectivity index (χ1v) is 9.46. The van der Waals surface area contributed by atoms with E-state index in [9.17, 15) is 17.6 Å². The molecular formula is C21H22F4N6. The molecular weight excluding hydrogens is 412 g/mol. The molecule has 0 amide bonds. The average molecular weight is 436 g/mol. The number of benzene rings is 1. The highest BCUT2D eigenvalue weighted by Gasteiger charge is 2.35. The molecule has 0 bridgehead atoms. The van der Waals surface area contributed by atoms with Gasteiger partial charge in [-0.3, -0.25) is 0 Å². The second kappa shape index (κ2) is 9.36. The van der Waals surface area contributed by atoms with Crippen molar-refractivity contribution in [1.29, 1.82) is 0 Å². The summed E-state index contributed by atoms with van der Waals surface area (Å²) in [6.07, 6.45) is -3.37. The van der Waals surface area contributed by atoms with E-state index in [0.29, 0.717) is 24.0 Å². The fourth-order valence-corrected chi connectivity index (χ4v) is 3.47. The Kier molecular flexibility index (Phi) is 5.99. The molecule has 1 fully saturated rings. The molecule has 0 saturated carbocycles. The molecule has 2 heterocycles. The van der Waals surface area contributed by atoms with Crippen LogP contribution in [0.5, 0.6) is 0 Å². The topological polar surface area (TPSA) is 76.9 Å². The van der Waals surface area contributed by atoms with Gasteiger partial charge in [0.05, 0.1) is 23.0 Å². The first-order chi connectivity index (χ1) is 15.4. The average Bonchev–Trinajstić information content (AvgIpc) is 2.73.